The van der Waals surface area contributed by atoms with E-state index in [0.29, 0.717) is 18.7 Å². The Bertz CT molecular complexity index is 1070. The minimum absolute atomic E-state index is 0.00319. The van der Waals surface area contributed by atoms with Gasteiger partial charge in [0.25, 0.3) is 11.8 Å². The number of benzene rings is 2. The van der Waals surface area contributed by atoms with Gasteiger partial charge in [-0.25, -0.2) is 0 Å². The van der Waals surface area contributed by atoms with E-state index in [1.165, 1.54) is 0 Å². The number of aryl methyl sites for hydroxylation is 2. The third kappa shape index (κ3) is 5.19. The van der Waals surface area contributed by atoms with Crippen LogP contribution in [0.25, 0.3) is 5.69 Å². The molecule has 0 aliphatic carbocycles. The van der Waals surface area contributed by atoms with Crippen molar-refractivity contribution in [3.8, 4) is 11.4 Å². The molecular weight excluding hydrogens is 402 g/mol. The average Bonchev–Trinajstić information content (AvgIpc) is 3.34. The van der Waals surface area contributed by atoms with Crippen LogP contribution in [0.15, 0.2) is 67.0 Å². The molecule has 6 nitrogen and oxygen atoms in total. The van der Waals surface area contributed by atoms with Gasteiger partial charge in [0.15, 0.2) is 6.61 Å². The van der Waals surface area contributed by atoms with Gasteiger partial charge in [0, 0.05) is 42.8 Å². The fourth-order valence-electron chi connectivity index (χ4n) is 4.07. The van der Waals surface area contributed by atoms with Crippen molar-refractivity contribution in [2.24, 2.45) is 0 Å². The molecule has 1 N–H and O–H groups in total. The first kappa shape index (κ1) is 21.7. The lowest BCUT2D eigenvalue weighted by Gasteiger charge is -2.32. The molecular formula is C26H29N3O3. The highest BCUT2D eigenvalue weighted by Gasteiger charge is 2.24. The molecule has 1 aromatic heterocycles. The molecule has 32 heavy (non-hydrogen) atoms. The Morgan fingerprint density at radius 3 is 2.34 bits per heavy atom. The van der Waals surface area contributed by atoms with E-state index in [0.717, 1.165) is 35.4 Å². The second-order valence-corrected chi connectivity index (χ2v) is 8.33. The topological polar surface area (TPSA) is 63.6 Å². The number of likely N-dealkylation sites (tertiary alicyclic amines) is 1. The number of nitrogens with one attached hydrogen (secondary N) is 1. The summed E-state index contributed by atoms with van der Waals surface area (Å²) in [4.78, 5) is 27.0. The predicted octanol–water partition coefficient (Wildman–Crippen LogP) is 3.89. The van der Waals surface area contributed by atoms with Crippen molar-refractivity contribution in [3.05, 3.63) is 83.7 Å². The molecule has 1 aliphatic rings. The molecule has 1 fully saturated rings. The Labute approximate surface area is 188 Å². The zero-order chi connectivity index (χ0) is 22.5. The van der Waals surface area contributed by atoms with Crippen molar-refractivity contribution in [1.29, 1.82) is 0 Å². The van der Waals surface area contributed by atoms with Crippen LogP contribution in [0.4, 0.5) is 0 Å². The maximum absolute atomic E-state index is 12.9. The summed E-state index contributed by atoms with van der Waals surface area (Å²) in [5, 5.41) is 3.04. The highest BCUT2D eigenvalue weighted by atomic mass is 16.5. The first-order chi connectivity index (χ1) is 15.5. The summed E-state index contributed by atoms with van der Waals surface area (Å²) >= 11 is 0. The normalized spacial score (nSPS) is 14.2. The number of amides is 2. The molecule has 166 valence electrons. The Morgan fingerprint density at radius 2 is 1.69 bits per heavy atom. The summed E-state index contributed by atoms with van der Waals surface area (Å²) in [6, 6.07) is 17.6. The maximum Gasteiger partial charge on any atom is 0.258 e. The molecule has 3 aromatic rings. The molecule has 2 heterocycles. The summed E-state index contributed by atoms with van der Waals surface area (Å²) in [7, 11) is 0. The molecule has 0 atom stereocenters. The SMILES string of the molecule is Cc1ccc(OCC(=O)NC2CCN(C(=O)c3ccc(-n4cccc4)cc3)CC2)c(C)c1. The van der Waals surface area contributed by atoms with Gasteiger partial charge in [-0.05, 0) is 74.7 Å². The molecule has 0 unspecified atom stereocenters. The van der Waals surface area contributed by atoms with Gasteiger partial charge in [0.1, 0.15) is 5.75 Å². The Balaban J connectivity index is 1.23. The Morgan fingerprint density at radius 1 is 1.00 bits per heavy atom. The molecule has 6 heteroatoms. The zero-order valence-electron chi connectivity index (χ0n) is 18.6. The molecule has 1 saturated heterocycles. The van der Waals surface area contributed by atoms with Crippen molar-refractivity contribution in [1.82, 2.24) is 14.8 Å². The molecule has 2 amide bonds. The quantitative estimate of drug-likeness (QED) is 0.644. The number of piperidine rings is 1. The second kappa shape index (κ2) is 9.73. The average molecular weight is 432 g/mol. The number of carbonyl (C=O) groups is 2. The van der Waals surface area contributed by atoms with Crippen LogP contribution >= 0.6 is 0 Å². The van der Waals surface area contributed by atoms with E-state index in [4.69, 9.17) is 4.74 Å². The number of nitrogens with zero attached hydrogens (tertiary/aromatic N) is 2. The predicted molar refractivity (Wildman–Crippen MR) is 124 cm³/mol. The monoisotopic (exact) mass is 431 g/mol. The van der Waals surface area contributed by atoms with Gasteiger partial charge < -0.3 is 19.5 Å². The third-order valence-electron chi connectivity index (χ3n) is 5.85. The van der Waals surface area contributed by atoms with Crippen LogP contribution in [0.5, 0.6) is 5.75 Å². The van der Waals surface area contributed by atoms with Crippen LogP contribution in [0, 0.1) is 13.8 Å². The summed E-state index contributed by atoms with van der Waals surface area (Å²) in [6.45, 7) is 5.25. The van der Waals surface area contributed by atoms with Crippen LogP contribution in [0.3, 0.4) is 0 Å². The Hall–Kier alpha value is -3.54. The summed E-state index contributed by atoms with van der Waals surface area (Å²) < 4.78 is 7.68. The van der Waals surface area contributed by atoms with E-state index in [1.54, 1.807) is 0 Å². The van der Waals surface area contributed by atoms with Crippen molar-refractivity contribution < 1.29 is 14.3 Å². The van der Waals surface area contributed by atoms with Crippen molar-refractivity contribution >= 4 is 11.8 Å². The fourth-order valence-corrected chi connectivity index (χ4v) is 4.07. The molecule has 0 radical (unpaired) electrons. The molecule has 0 bridgehead atoms. The van der Waals surface area contributed by atoms with Crippen molar-refractivity contribution in [3.63, 3.8) is 0 Å². The Kier molecular flexibility index (Phi) is 6.59. The lowest BCUT2D eigenvalue weighted by atomic mass is 10.0. The van der Waals surface area contributed by atoms with Crippen LogP contribution in [0.2, 0.25) is 0 Å². The van der Waals surface area contributed by atoms with E-state index >= 15 is 0 Å². The van der Waals surface area contributed by atoms with E-state index in [2.05, 4.69) is 5.32 Å². The van der Waals surface area contributed by atoms with E-state index in [9.17, 15) is 9.59 Å². The molecule has 0 saturated carbocycles. The standard InChI is InChI=1S/C26H29N3O3/c1-19-5-10-24(20(2)17-19)32-18-25(30)27-22-11-15-29(16-12-22)26(31)21-6-8-23(9-7-21)28-13-3-4-14-28/h3-10,13-14,17,22H,11-12,15-16,18H2,1-2H3,(H,27,30). The van der Waals surface area contributed by atoms with E-state index in [-0.39, 0.29) is 24.5 Å². The lowest BCUT2D eigenvalue weighted by Crippen LogP contribution is -2.47. The minimum Gasteiger partial charge on any atom is -0.484 e. The van der Waals surface area contributed by atoms with E-state index in [1.807, 2.05) is 90.3 Å². The smallest absolute Gasteiger partial charge is 0.258 e. The third-order valence-corrected chi connectivity index (χ3v) is 5.85. The molecule has 4 rings (SSSR count). The van der Waals surface area contributed by atoms with Crippen LogP contribution in [-0.4, -0.2) is 47.0 Å². The number of ether oxygens (including phenoxy) is 1. The largest absolute Gasteiger partial charge is 0.484 e. The molecule has 0 spiro atoms. The van der Waals surface area contributed by atoms with Gasteiger partial charge in [0.05, 0.1) is 0 Å². The minimum atomic E-state index is -0.129. The van der Waals surface area contributed by atoms with Gasteiger partial charge >= 0.3 is 0 Å². The van der Waals surface area contributed by atoms with Gasteiger partial charge in [-0.2, -0.15) is 0 Å². The first-order valence-electron chi connectivity index (χ1n) is 11.0. The van der Waals surface area contributed by atoms with Crippen molar-refractivity contribution in [2.45, 2.75) is 32.7 Å². The second-order valence-electron chi connectivity index (χ2n) is 8.33. The maximum atomic E-state index is 12.9. The number of rotatable bonds is 6. The number of hydrogen-bond acceptors (Lipinski definition) is 3. The van der Waals surface area contributed by atoms with Crippen LogP contribution < -0.4 is 10.1 Å². The van der Waals surface area contributed by atoms with E-state index < -0.39 is 0 Å². The van der Waals surface area contributed by atoms with Crippen LogP contribution in [-0.2, 0) is 4.79 Å². The highest BCUT2D eigenvalue weighted by molar-refractivity contribution is 5.94. The molecule has 2 aromatic carbocycles. The van der Waals surface area contributed by atoms with Crippen molar-refractivity contribution in [2.75, 3.05) is 19.7 Å². The fraction of sp³-hybridized carbons (Fsp3) is 0.308. The highest BCUT2D eigenvalue weighted by Crippen LogP contribution is 2.19. The van der Waals surface area contributed by atoms with Gasteiger partial charge in [-0.3, -0.25) is 9.59 Å². The molecule has 1 aliphatic heterocycles. The first-order valence-corrected chi connectivity index (χ1v) is 11.0. The summed E-state index contributed by atoms with van der Waals surface area (Å²) in [5.41, 5.74) is 3.89. The number of carbonyl (C=O) groups excluding carboxylic acids is 2. The van der Waals surface area contributed by atoms with Gasteiger partial charge in [-0.15, -0.1) is 0 Å². The summed E-state index contributed by atoms with van der Waals surface area (Å²) in [6.07, 6.45) is 5.43. The lowest BCUT2D eigenvalue weighted by molar-refractivity contribution is -0.124. The van der Waals surface area contributed by atoms with Gasteiger partial charge in [0.2, 0.25) is 0 Å². The number of aromatic nitrogens is 1. The van der Waals surface area contributed by atoms with Crippen LogP contribution in [0.1, 0.15) is 34.3 Å². The van der Waals surface area contributed by atoms with Gasteiger partial charge in [-0.1, -0.05) is 17.7 Å². The zero-order valence-corrected chi connectivity index (χ0v) is 18.6. The number of hydrogen-bond donors (Lipinski definition) is 1. The summed E-state index contributed by atoms with van der Waals surface area (Å²) in [5.74, 6) is 0.635.